The maximum atomic E-state index is 6.09. The number of imidazole rings is 1. The highest BCUT2D eigenvalue weighted by Crippen LogP contribution is 2.37. The molecule has 3 rings (SSSR count). The van der Waals surface area contributed by atoms with Crippen molar-refractivity contribution in [2.24, 2.45) is 0 Å². The van der Waals surface area contributed by atoms with Crippen molar-refractivity contribution in [3.8, 4) is 5.75 Å². The molecule has 2 aromatic heterocycles. The fourth-order valence-electron chi connectivity index (χ4n) is 3.24. The van der Waals surface area contributed by atoms with Gasteiger partial charge in [-0.1, -0.05) is 25.4 Å². The lowest BCUT2D eigenvalue weighted by Crippen LogP contribution is -2.28. The van der Waals surface area contributed by atoms with Crippen molar-refractivity contribution >= 4 is 34.7 Å². The minimum Gasteiger partial charge on any atom is -0.490 e. The predicted molar refractivity (Wildman–Crippen MR) is 112 cm³/mol. The molecule has 0 aliphatic rings. The third kappa shape index (κ3) is 3.95. The zero-order valence-corrected chi connectivity index (χ0v) is 17.0. The van der Waals surface area contributed by atoms with Crippen LogP contribution < -0.4 is 15.0 Å². The number of benzene rings is 1. The van der Waals surface area contributed by atoms with Gasteiger partial charge < -0.3 is 15.0 Å². The van der Waals surface area contributed by atoms with Crippen LogP contribution >= 0.6 is 11.6 Å². The van der Waals surface area contributed by atoms with E-state index >= 15 is 0 Å². The number of anilines is 3. The van der Waals surface area contributed by atoms with Gasteiger partial charge in [-0.25, -0.2) is 4.98 Å². The van der Waals surface area contributed by atoms with Gasteiger partial charge in [0, 0.05) is 36.2 Å². The topological polar surface area (TPSA) is 54.7 Å². The average Bonchev–Trinajstić information content (AvgIpc) is 3.10. The van der Waals surface area contributed by atoms with E-state index in [-0.39, 0.29) is 0 Å². The summed E-state index contributed by atoms with van der Waals surface area (Å²) in [5, 5.41) is 4.11. The van der Waals surface area contributed by atoms with E-state index < -0.39 is 0 Å². The number of hydrogen-bond donors (Lipinski definition) is 1. The number of nitrogens with one attached hydrogen (secondary N) is 1. The van der Waals surface area contributed by atoms with Crippen LogP contribution in [-0.2, 0) is 0 Å². The first-order valence-electron chi connectivity index (χ1n) is 9.28. The Morgan fingerprint density at radius 2 is 1.96 bits per heavy atom. The Balaban J connectivity index is 2.15. The van der Waals surface area contributed by atoms with Crippen molar-refractivity contribution < 1.29 is 4.74 Å². The van der Waals surface area contributed by atoms with E-state index in [0.29, 0.717) is 22.4 Å². The number of rotatable bonds is 8. The SMILES string of the molecule is CCCN(CCC)c1c(OC)c(Nc2ccc(Cl)cc2C)nc2nccn12. The van der Waals surface area contributed by atoms with Crippen LogP contribution in [0.3, 0.4) is 0 Å². The van der Waals surface area contributed by atoms with Crippen LogP contribution in [0.1, 0.15) is 32.3 Å². The minimum absolute atomic E-state index is 0.636. The summed E-state index contributed by atoms with van der Waals surface area (Å²) in [6.07, 6.45) is 5.77. The van der Waals surface area contributed by atoms with Gasteiger partial charge in [-0.15, -0.1) is 0 Å². The van der Waals surface area contributed by atoms with Crippen molar-refractivity contribution in [2.45, 2.75) is 33.6 Å². The van der Waals surface area contributed by atoms with E-state index in [1.807, 2.05) is 35.7 Å². The molecule has 0 saturated carbocycles. The summed E-state index contributed by atoms with van der Waals surface area (Å²) in [6.45, 7) is 8.23. The molecule has 0 atom stereocenters. The molecule has 0 saturated heterocycles. The third-order valence-electron chi connectivity index (χ3n) is 4.41. The number of methoxy groups -OCH3 is 1. The second-order valence-electron chi connectivity index (χ2n) is 6.49. The molecule has 27 heavy (non-hydrogen) atoms. The number of fused-ring (bicyclic) bond motifs is 1. The van der Waals surface area contributed by atoms with Crippen LogP contribution in [0.4, 0.5) is 17.3 Å². The Morgan fingerprint density at radius 1 is 1.22 bits per heavy atom. The standard InChI is InChI=1S/C20H26ClN5O/c1-5-10-25(11-6-2)19-17(27-4)18(24-20-22-9-12-26(19)20)23-16-8-7-15(21)13-14(16)3/h7-9,12-13H,5-6,10-11H2,1-4H3,(H,22,23,24). The fourth-order valence-corrected chi connectivity index (χ4v) is 3.46. The number of hydrogen-bond acceptors (Lipinski definition) is 5. The monoisotopic (exact) mass is 387 g/mol. The molecular weight excluding hydrogens is 362 g/mol. The molecule has 6 nitrogen and oxygen atoms in total. The molecule has 3 aromatic rings. The fraction of sp³-hybridized carbons (Fsp3) is 0.400. The van der Waals surface area contributed by atoms with Gasteiger partial charge in [0.05, 0.1) is 7.11 Å². The van der Waals surface area contributed by atoms with E-state index in [1.165, 1.54) is 0 Å². The first-order valence-corrected chi connectivity index (χ1v) is 9.66. The van der Waals surface area contributed by atoms with Gasteiger partial charge in [0.1, 0.15) is 0 Å². The zero-order chi connectivity index (χ0) is 19.4. The van der Waals surface area contributed by atoms with Gasteiger partial charge in [-0.2, -0.15) is 4.98 Å². The lowest BCUT2D eigenvalue weighted by atomic mass is 10.2. The highest BCUT2D eigenvalue weighted by Gasteiger charge is 2.21. The van der Waals surface area contributed by atoms with Gasteiger partial charge in [-0.3, -0.25) is 4.40 Å². The average molecular weight is 388 g/mol. The first-order chi connectivity index (χ1) is 13.1. The number of halogens is 1. The molecule has 0 spiro atoms. The number of aromatic nitrogens is 3. The summed E-state index contributed by atoms with van der Waals surface area (Å²) in [5.74, 6) is 2.96. The van der Waals surface area contributed by atoms with Crippen molar-refractivity contribution in [1.82, 2.24) is 14.4 Å². The summed E-state index contributed by atoms with van der Waals surface area (Å²) in [6, 6.07) is 5.73. The molecule has 0 amide bonds. The molecule has 7 heteroatoms. The molecule has 0 aliphatic carbocycles. The molecule has 0 aliphatic heterocycles. The summed E-state index contributed by atoms with van der Waals surface area (Å²) >= 11 is 6.09. The van der Waals surface area contributed by atoms with Crippen molar-refractivity contribution in [3.63, 3.8) is 0 Å². The number of aryl methyl sites for hydroxylation is 1. The van der Waals surface area contributed by atoms with Crippen LogP contribution in [0, 0.1) is 6.92 Å². The smallest absolute Gasteiger partial charge is 0.237 e. The second-order valence-corrected chi connectivity index (χ2v) is 6.92. The first kappa shape index (κ1) is 19.3. The van der Waals surface area contributed by atoms with Crippen molar-refractivity contribution in [2.75, 3.05) is 30.4 Å². The van der Waals surface area contributed by atoms with E-state index in [1.54, 1.807) is 13.3 Å². The maximum Gasteiger partial charge on any atom is 0.237 e. The molecule has 0 unspecified atom stereocenters. The Kier molecular flexibility index (Phi) is 6.06. The van der Waals surface area contributed by atoms with Crippen molar-refractivity contribution in [1.29, 1.82) is 0 Å². The Hall–Kier alpha value is -2.47. The maximum absolute atomic E-state index is 6.09. The van der Waals surface area contributed by atoms with Gasteiger partial charge in [0.15, 0.2) is 11.6 Å². The molecule has 0 fully saturated rings. The lowest BCUT2D eigenvalue weighted by molar-refractivity contribution is 0.412. The quantitative estimate of drug-likeness (QED) is 0.584. The van der Waals surface area contributed by atoms with Gasteiger partial charge in [0.2, 0.25) is 11.5 Å². The van der Waals surface area contributed by atoms with Crippen LogP contribution in [0.15, 0.2) is 30.6 Å². The second kappa shape index (κ2) is 8.48. The predicted octanol–water partition coefficient (Wildman–Crippen LogP) is 5.07. The van der Waals surface area contributed by atoms with Gasteiger partial charge in [-0.05, 0) is 43.5 Å². The molecule has 2 heterocycles. The van der Waals surface area contributed by atoms with E-state index in [9.17, 15) is 0 Å². The zero-order valence-electron chi connectivity index (χ0n) is 16.3. The highest BCUT2D eigenvalue weighted by molar-refractivity contribution is 6.30. The minimum atomic E-state index is 0.636. The van der Waals surface area contributed by atoms with Crippen LogP contribution in [0.2, 0.25) is 5.02 Å². The van der Waals surface area contributed by atoms with E-state index in [4.69, 9.17) is 16.3 Å². The van der Waals surface area contributed by atoms with Crippen molar-refractivity contribution in [3.05, 3.63) is 41.2 Å². The summed E-state index contributed by atoms with van der Waals surface area (Å²) < 4.78 is 7.81. The normalized spacial score (nSPS) is 11.0. The Bertz CT molecular complexity index is 918. The van der Waals surface area contributed by atoms with Crippen LogP contribution in [0.5, 0.6) is 5.75 Å². The summed E-state index contributed by atoms with van der Waals surface area (Å²) in [7, 11) is 1.68. The highest BCUT2D eigenvalue weighted by atomic mass is 35.5. The van der Waals surface area contributed by atoms with Crippen LogP contribution in [-0.4, -0.2) is 34.6 Å². The molecule has 144 valence electrons. The third-order valence-corrected chi connectivity index (χ3v) is 4.65. The van der Waals surface area contributed by atoms with Gasteiger partial charge in [0.25, 0.3) is 0 Å². The molecule has 1 N–H and O–H groups in total. The molecular formula is C20H26ClN5O. The Morgan fingerprint density at radius 3 is 2.59 bits per heavy atom. The van der Waals surface area contributed by atoms with Crippen LogP contribution in [0.25, 0.3) is 5.78 Å². The van der Waals surface area contributed by atoms with E-state index in [0.717, 1.165) is 43.0 Å². The molecule has 0 radical (unpaired) electrons. The molecule has 0 bridgehead atoms. The molecule has 1 aromatic carbocycles. The lowest BCUT2D eigenvalue weighted by Gasteiger charge is -2.27. The number of nitrogens with zero attached hydrogens (tertiary/aromatic N) is 4. The summed E-state index contributed by atoms with van der Waals surface area (Å²) in [4.78, 5) is 11.4. The largest absolute Gasteiger partial charge is 0.490 e. The summed E-state index contributed by atoms with van der Waals surface area (Å²) in [5.41, 5.74) is 1.97. The Labute approximate surface area is 165 Å². The van der Waals surface area contributed by atoms with Gasteiger partial charge >= 0.3 is 0 Å². The number of ether oxygens (including phenoxy) is 1. The van der Waals surface area contributed by atoms with E-state index in [2.05, 4.69) is 34.0 Å².